The van der Waals surface area contributed by atoms with Crippen LogP contribution in [0, 0.1) is 11.7 Å². The number of hydrogen-bond acceptors (Lipinski definition) is 3. The minimum atomic E-state index is -0.238. The molecule has 20 heavy (non-hydrogen) atoms. The molecule has 1 saturated carbocycles. The van der Waals surface area contributed by atoms with Gasteiger partial charge in [0.1, 0.15) is 5.82 Å². The normalized spacial score (nSPS) is 21.9. The number of carbonyl (C=O) groups is 1. The topological polar surface area (TPSA) is 49.3 Å². The summed E-state index contributed by atoms with van der Waals surface area (Å²) >= 11 is 1.36. The van der Waals surface area contributed by atoms with Crippen molar-refractivity contribution >= 4 is 17.7 Å². The van der Waals surface area contributed by atoms with Crippen LogP contribution in [0.1, 0.15) is 25.7 Å². The fourth-order valence-corrected chi connectivity index (χ4v) is 3.28. The summed E-state index contributed by atoms with van der Waals surface area (Å²) in [5, 5.41) is 12.3. The zero-order valence-electron chi connectivity index (χ0n) is 11.3. The Balaban J connectivity index is 1.62. The monoisotopic (exact) mass is 297 g/mol. The van der Waals surface area contributed by atoms with Crippen molar-refractivity contribution in [1.29, 1.82) is 0 Å². The molecule has 0 radical (unpaired) electrons. The second-order valence-electron chi connectivity index (χ2n) is 5.17. The van der Waals surface area contributed by atoms with E-state index in [0.717, 1.165) is 19.3 Å². The third kappa shape index (κ3) is 4.80. The highest BCUT2D eigenvalue weighted by atomic mass is 32.2. The van der Waals surface area contributed by atoms with Crippen LogP contribution in [0.4, 0.5) is 4.39 Å². The number of halogens is 1. The Morgan fingerprint density at radius 3 is 2.90 bits per heavy atom. The number of carbonyl (C=O) groups excluding carboxylic acids is 1. The average molecular weight is 297 g/mol. The minimum absolute atomic E-state index is 0.00442. The van der Waals surface area contributed by atoms with Crippen LogP contribution in [-0.2, 0) is 4.79 Å². The molecule has 0 bridgehead atoms. The smallest absolute Gasteiger partial charge is 0.220 e. The molecule has 0 heterocycles. The van der Waals surface area contributed by atoms with Gasteiger partial charge in [-0.25, -0.2) is 4.39 Å². The Morgan fingerprint density at radius 1 is 1.40 bits per heavy atom. The lowest BCUT2D eigenvalue weighted by molar-refractivity contribution is -0.120. The van der Waals surface area contributed by atoms with Gasteiger partial charge in [-0.3, -0.25) is 4.79 Å². The summed E-state index contributed by atoms with van der Waals surface area (Å²) in [7, 11) is 0. The fraction of sp³-hybridized carbons (Fsp3) is 0.533. The van der Waals surface area contributed by atoms with Crippen LogP contribution < -0.4 is 5.32 Å². The van der Waals surface area contributed by atoms with Gasteiger partial charge in [0.2, 0.25) is 5.91 Å². The summed E-state index contributed by atoms with van der Waals surface area (Å²) in [4.78, 5) is 12.3. The zero-order chi connectivity index (χ0) is 14.4. The highest BCUT2D eigenvalue weighted by molar-refractivity contribution is 7.99. The van der Waals surface area contributed by atoms with Gasteiger partial charge in [0.25, 0.3) is 0 Å². The Labute approximate surface area is 123 Å². The second kappa shape index (κ2) is 7.64. The zero-order valence-corrected chi connectivity index (χ0v) is 12.2. The van der Waals surface area contributed by atoms with Crippen LogP contribution in [0.3, 0.4) is 0 Å². The van der Waals surface area contributed by atoms with Crippen LogP contribution in [0.25, 0.3) is 0 Å². The van der Waals surface area contributed by atoms with Crippen molar-refractivity contribution in [1.82, 2.24) is 5.32 Å². The van der Waals surface area contributed by atoms with E-state index >= 15 is 0 Å². The van der Waals surface area contributed by atoms with Gasteiger partial charge in [-0.15, -0.1) is 11.8 Å². The molecule has 2 rings (SSSR count). The first-order valence-electron chi connectivity index (χ1n) is 6.97. The molecule has 110 valence electrons. The van der Waals surface area contributed by atoms with Crippen LogP contribution >= 0.6 is 11.8 Å². The molecule has 1 aromatic carbocycles. The van der Waals surface area contributed by atoms with E-state index in [1.807, 2.05) is 0 Å². The van der Waals surface area contributed by atoms with E-state index in [0.29, 0.717) is 29.5 Å². The number of nitrogens with one attached hydrogen (secondary N) is 1. The van der Waals surface area contributed by atoms with Crippen LogP contribution in [0.5, 0.6) is 0 Å². The average Bonchev–Trinajstić information content (AvgIpc) is 2.84. The number of amides is 1. The second-order valence-corrected chi connectivity index (χ2v) is 6.30. The van der Waals surface area contributed by atoms with Crippen molar-refractivity contribution in [3.63, 3.8) is 0 Å². The molecular formula is C15H20FNO2S. The number of thioether (sulfide) groups is 1. The van der Waals surface area contributed by atoms with Crippen LogP contribution in [-0.4, -0.2) is 29.4 Å². The van der Waals surface area contributed by atoms with E-state index < -0.39 is 0 Å². The molecule has 1 fully saturated rings. The van der Waals surface area contributed by atoms with E-state index in [1.165, 1.54) is 17.8 Å². The molecule has 1 aromatic rings. The molecule has 3 nitrogen and oxygen atoms in total. The van der Waals surface area contributed by atoms with Gasteiger partial charge in [-0.05, 0) is 37.3 Å². The molecule has 0 saturated heterocycles. The SMILES string of the molecule is O=C(CCSc1ccccc1F)NCC1CCC(O)C1. The van der Waals surface area contributed by atoms with E-state index in [-0.39, 0.29) is 17.8 Å². The number of aliphatic hydroxyl groups is 1. The lowest BCUT2D eigenvalue weighted by Gasteiger charge is -2.10. The maximum absolute atomic E-state index is 13.4. The molecule has 0 aliphatic heterocycles. The van der Waals surface area contributed by atoms with Gasteiger partial charge < -0.3 is 10.4 Å². The number of hydrogen-bond donors (Lipinski definition) is 2. The van der Waals surface area contributed by atoms with Crippen molar-refractivity contribution in [3.8, 4) is 0 Å². The Morgan fingerprint density at radius 2 is 2.20 bits per heavy atom. The van der Waals surface area contributed by atoms with Gasteiger partial charge in [-0.1, -0.05) is 12.1 Å². The van der Waals surface area contributed by atoms with Gasteiger partial charge in [0, 0.05) is 23.6 Å². The van der Waals surface area contributed by atoms with Crippen molar-refractivity contribution in [2.24, 2.45) is 5.92 Å². The van der Waals surface area contributed by atoms with E-state index in [4.69, 9.17) is 0 Å². The largest absolute Gasteiger partial charge is 0.393 e. The molecular weight excluding hydrogens is 277 g/mol. The maximum Gasteiger partial charge on any atom is 0.220 e. The lowest BCUT2D eigenvalue weighted by Crippen LogP contribution is -2.28. The van der Waals surface area contributed by atoms with Gasteiger partial charge in [0.15, 0.2) is 0 Å². The third-order valence-electron chi connectivity index (χ3n) is 3.52. The van der Waals surface area contributed by atoms with Gasteiger partial charge in [-0.2, -0.15) is 0 Å². The molecule has 1 aliphatic carbocycles. The predicted molar refractivity (Wildman–Crippen MR) is 78.1 cm³/mol. The summed E-state index contributed by atoms with van der Waals surface area (Å²) in [6.07, 6.45) is 2.78. The Hall–Kier alpha value is -1.07. The molecule has 0 spiro atoms. The maximum atomic E-state index is 13.4. The molecule has 2 unspecified atom stereocenters. The van der Waals surface area contributed by atoms with E-state index in [9.17, 15) is 14.3 Å². The predicted octanol–water partition coefficient (Wildman–Crippen LogP) is 2.59. The van der Waals surface area contributed by atoms with Crippen molar-refractivity contribution in [2.75, 3.05) is 12.3 Å². The van der Waals surface area contributed by atoms with Gasteiger partial charge in [0.05, 0.1) is 6.10 Å². The summed E-state index contributed by atoms with van der Waals surface area (Å²) in [5.41, 5.74) is 0. The fourth-order valence-electron chi connectivity index (χ4n) is 2.40. The third-order valence-corrected chi connectivity index (χ3v) is 4.58. The summed E-state index contributed by atoms with van der Waals surface area (Å²) < 4.78 is 13.4. The van der Waals surface area contributed by atoms with E-state index in [2.05, 4.69) is 5.32 Å². The lowest BCUT2D eigenvalue weighted by atomic mass is 10.1. The first-order valence-corrected chi connectivity index (χ1v) is 7.96. The highest BCUT2D eigenvalue weighted by Crippen LogP contribution is 2.24. The van der Waals surface area contributed by atoms with Crippen molar-refractivity contribution in [3.05, 3.63) is 30.1 Å². The van der Waals surface area contributed by atoms with Crippen molar-refractivity contribution < 1.29 is 14.3 Å². The van der Waals surface area contributed by atoms with Crippen molar-refractivity contribution in [2.45, 2.75) is 36.7 Å². The van der Waals surface area contributed by atoms with E-state index in [1.54, 1.807) is 18.2 Å². The van der Waals surface area contributed by atoms with Crippen LogP contribution in [0.2, 0.25) is 0 Å². The summed E-state index contributed by atoms with van der Waals surface area (Å²) in [6.45, 7) is 0.639. The molecule has 0 aromatic heterocycles. The molecule has 2 N–H and O–H groups in total. The first-order chi connectivity index (χ1) is 9.65. The minimum Gasteiger partial charge on any atom is -0.393 e. The Kier molecular flexibility index (Phi) is 5.86. The summed E-state index contributed by atoms with van der Waals surface area (Å²) in [5.74, 6) is 0.723. The standard InChI is InChI=1S/C15H20FNO2S/c16-13-3-1-2-4-14(13)20-8-7-15(19)17-10-11-5-6-12(18)9-11/h1-4,11-12,18H,5-10H2,(H,17,19). The first kappa shape index (κ1) is 15.3. The molecule has 2 atom stereocenters. The molecule has 5 heteroatoms. The van der Waals surface area contributed by atoms with Crippen LogP contribution in [0.15, 0.2) is 29.2 Å². The molecule has 1 aliphatic rings. The number of aliphatic hydroxyl groups excluding tert-OH is 1. The number of rotatable bonds is 6. The quantitative estimate of drug-likeness (QED) is 0.794. The summed E-state index contributed by atoms with van der Waals surface area (Å²) in [6, 6.07) is 6.59. The molecule has 1 amide bonds. The highest BCUT2D eigenvalue weighted by Gasteiger charge is 2.22. The Bertz CT molecular complexity index is 455. The number of benzene rings is 1. The van der Waals surface area contributed by atoms with Gasteiger partial charge >= 0.3 is 0 Å².